The SMILES string of the molecule is c1ccc(-c2ccc(-c3nc4nc(n3)c3ccccc3c3cc(cc5c6cc7cc(c8ccccc8c8nc(-c9ccc(-c%10ccccc%10)cc9)nc(n8)c8ccccc78)c6n(-c6ccccc6)c35)c3ccccc43)cc2)cc1. The summed E-state index contributed by atoms with van der Waals surface area (Å²) < 4.78 is 2.48. The molecule has 0 amide bonds. The molecule has 0 saturated carbocycles. The number of aromatic nitrogens is 7. The van der Waals surface area contributed by atoms with Crippen LogP contribution in [0.1, 0.15) is 0 Å². The Morgan fingerprint density at radius 2 is 0.468 bits per heavy atom. The molecule has 0 unspecified atom stereocenters. The molecule has 5 heterocycles. The number of hydrogen-bond donors (Lipinski definition) is 0. The zero-order valence-corrected chi connectivity index (χ0v) is 42.5. The van der Waals surface area contributed by atoms with Gasteiger partial charge < -0.3 is 4.57 Å². The fourth-order valence-corrected chi connectivity index (χ4v) is 11.9. The maximum Gasteiger partial charge on any atom is 0.164 e. The van der Waals surface area contributed by atoms with E-state index in [-0.39, 0.29) is 0 Å². The lowest BCUT2D eigenvalue weighted by atomic mass is 9.98. The molecule has 0 atom stereocenters. The Bertz CT molecular complexity index is 4910. The van der Waals surface area contributed by atoms with Crippen LogP contribution in [0.4, 0.5) is 0 Å². The third-order valence-corrected chi connectivity index (χ3v) is 15.6. The van der Waals surface area contributed by atoms with Gasteiger partial charge in [-0.2, -0.15) is 0 Å². The topological polar surface area (TPSA) is 82.3 Å². The van der Waals surface area contributed by atoms with Crippen LogP contribution >= 0.6 is 0 Å². The van der Waals surface area contributed by atoms with E-state index in [9.17, 15) is 0 Å². The van der Waals surface area contributed by atoms with Crippen molar-refractivity contribution < 1.29 is 0 Å². The van der Waals surface area contributed by atoms with E-state index < -0.39 is 0 Å². The highest BCUT2D eigenvalue weighted by Crippen LogP contribution is 2.44. The molecule has 0 aliphatic rings. The Morgan fingerprint density at radius 1 is 0.203 bits per heavy atom. The maximum absolute atomic E-state index is 5.36. The average Bonchev–Trinajstić information content (AvgIpc) is 4.07. The number of benzene rings is 11. The van der Waals surface area contributed by atoms with Crippen LogP contribution in [0, 0.1) is 0 Å². The summed E-state index contributed by atoms with van der Waals surface area (Å²) in [5, 5.41) is 14.2. The Labute approximate surface area is 452 Å². The molecule has 0 spiro atoms. The molecule has 0 N–H and O–H groups in total. The van der Waals surface area contributed by atoms with Gasteiger partial charge in [0.2, 0.25) is 0 Å². The molecule has 0 saturated heterocycles. The van der Waals surface area contributed by atoms with Gasteiger partial charge in [0, 0.05) is 59.9 Å². The van der Waals surface area contributed by atoms with Gasteiger partial charge in [0.1, 0.15) is 0 Å². The molecule has 0 aliphatic heterocycles. The van der Waals surface area contributed by atoms with Gasteiger partial charge in [0.05, 0.1) is 11.0 Å². The van der Waals surface area contributed by atoms with E-state index in [1.165, 1.54) is 0 Å². The van der Waals surface area contributed by atoms with E-state index in [2.05, 4.69) is 253 Å². The number of para-hydroxylation sites is 1. The summed E-state index contributed by atoms with van der Waals surface area (Å²) in [6.07, 6.45) is 0. The smallest absolute Gasteiger partial charge is 0.164 e. The molecule has 8 bridgehead atoms. The first-order chi connectivity index (χ1) is 39.1. The quantitative estimate of drug-likeness (QED) is 0.171. The van der Waals surface area contributed by atoms with Crippen molar-refractivity contribution in [2.24, 2.45) is 0 Å². The van der Waals surface area contributed by atoms with Crippen LogP contribution in [0.15, 0.2) is 261 Å². The number of rotatable bonds is 5. The first-order valence-electron chi connectivity index (χ1n) is 26.6. The molecule has 16 aromatic rings. The van der Waals surface area contributed by atoms with Crippen LogP contribution in [-0.4, -0.2) is 34.5 Å². The zero-order valence-electron chi connectivity index (χ0n) is 42.5. The van der Waals surface area contributed by atoms with Gasteiger partial charge in [0.25, 0.3) is 0 Å². The molecule has 7 heteroatoms. The summed E-state index contributed by atoms with van der Waals surface area (Å²) >= 11 is 0. The Kier molecular flexibility index (Phi) is 10.1. The van der Waals surface area contributed by atoms with E-state index in [1.54, 1.807) is 0 Å². The molecule has 0 fully saturated rings. The van der Waals surface area contributed by atoms with Gasteiger partial charge in [0.15, 0.2) is 34.2 Å². The summed E-state index contributed by atoms with van der Waals surface area (Å²) in [6, 6.07) is 92.4. The van der Waals surface area contributed by atoms with Gasteiger partial charge in [-0.3, -0.25) is 0 Å². The minimum atomic E-state index is 0.606. The van der Waals surface area contributed by atoms with Crippen molar-refractivity contribution in [3.8, 4) is 50.7 Å². The summed E-state index contributed by atoms with van der Waals surface area (Å²) in [5.74, 6) is 1.23. The normalized spacial score (nSPS) is 11.8. The summed E-state index contributed by atoms with van der Waals surface area (Å²) in [4.78, 5) is 32.0. The second kappa shape index (κ2) is 17.9. The summed E-state index contributed by atoms with van der Waals surface area (Å²) in [6.45, 7) is 0. The first-order valence-corrected chi connectivity index (χ1v) is 26.6. The van der Waals surface area contributed by atoms with Crippen LogP contribution in [0.25, 0.3) is 160 Å². The highest BCUT2D eigenvalue weighted by Gasteiger charge is 2.22. The van der Waals surface area contributed by atoms with E-state index >= 15 is 0 Å². The van der Waals surface area contributed by atoms with E-state index in [0.29, 0.717) is 34.2 Å². The van der Waals surface area contributed by atoms with Gasteiger partial charge in [-0.1, -0.05) is 224 Å². The van der Waals surface area contributed by atoms with Crippen molar-refractivity contribution in [2.75, 3.05) is 0 Å². The largest absolute Gasteiger partial charge is 0.308 e. The van der Waals surface area contributed by atoms with Gasteiger partial charge in [-0.25, -0.2) is 29.9 Å². The van der Waals surface area contributed by atoms with Gasteiger partial charge in [-0.05, 0) is 91.0 Å². The minimum absolute atomic E-state index is 0.606. The van der Waals surface area contributed by atoms with Crippen molar-refractivity contribution in [3.05, 3.63) is 261 Å². The first kappa shape index (κ1) is 44.5. The third-order valence-electron chi connectivity index (χ3n) is 15.6. The van der Waals surface area contributed by atoms with Crippen molar-refractivity contribution in [1.82, 2.24) is 34.5 Å². The van der Waals surface area contributed by atoms with E-state index in [1.807, 2.05) is 12.1 Å². The van der Waals surface area contributed by atoms with Crippen molar-refractivity contribution >= 4 is 109 Å². The van der Waals surface area contributed by atoms with Crippen LogP contribution in [0.5, 0.6) is 0 Å². The highest BCUT2D eigenvalue weighted by molar-refractivity contribution is 6.30. The molecule has 79 heavy (non-hydrogen) atoms. The lowest BCUT2D eigenvalue weighted by molar-refractivity contribution is 1.18. The van der Waals surface area contributed by atoms with Gasteiger partial charge in [-0.15, -0.1) is 0 Å². The average molecular weight is 1010 g/mol. The maximum atomic E-state index is 5.36. The second-order valence-corrected chi connectivity index (χ2v) is 20.2. The summed E-state index contributed by atoms with van der Waals surface area (Å²) in [7, 11) is 0. The lowest BCUT2D eigenvalue weighted by Gasteiger charge is -2.13. The highest BCUT2D eigenvalue weighted by atomic mass is 15.0. The van der Waals surface area contributed by atoms with Crippen molar-refractivity contribution in [2.45, 2.75) is 0 Å². The van der Waals surface area contributed by atoms with Crippen molar-refractivity contribution in [1.29, 1.82) is 0 Å². The fourth-order valence-electron chi connectivity index (χ4n) is 11.9. The molecule has 0 radical (unpaired) electrons. The molecular formula is C72H43N7. The minimum Gasteiger partial charge on any atom is -0.308 e. The van der Waals surface area contributed by atoms with Crippen molar-refractivity contribution in [3.63, 3.8) is 0 Å². The van der Waals surface area contributed by atoms with Crippen LogP contribution in [0.2, 0.25) is 0 Å². The molecule has 16 rings (SSSR count). The third kappa shape index (κ3) is 7.36. The predicted molar refractivity (Wildman–Crippen MR) is 327 cm³/mol. The standard InChI is InChI=1S/C72H43N7/c1-4-18-44(19-5-1)46-32-36-48(37-33-46)67-73-69-57-28-14-10-24-53(57)50-40-61(55-26-12-16-30-59(55)71(75-67)77-69)65-63(42-50)64-43-51-41-62(66(64)79(65)52-22-8-3-9-23-52)56-27-13-17-31-60(56)72-76-68(74-70(78-72)58-29-15-11-25-54(51)58)49-38-34-47(35-39-49)45-20-6-2-7-21-45/h1-43H. The fraction of sp³-hybridized carbons (Fsp3) is 0. The Hall–Kier alpha value is -10.8. The number of fused-ring (bicyclic) bond motifs is 25. The molecule has 5 aromatic heterocycles. The Morgan fingerprint density at radius 3 is 0.835 bits per heavy atom. The van der Waals surface area contributed by atoms with Crippen LogP contribution < -0.4 is 0 Å². The van der Waals surface area contributed by atoms with Gasteiger partial charge >= 0.3 is 0 Å². The van der Waals surface area contributed by atoms with Crippen LogP contribution in [-0.2, 0) is 0 Å². The number of nitrogens with zero attached hydrogens (tertiary/aromatic N) is 7. The second-order valence-electron chi connectivity index (χ2n) is 20.2. The Balaban J connectivity index is 1.06. The summed E-state index contributed by atoms with van der Waals surface area (Å²) in [5.41, 5.74) is 12.0. The molecule has 0 aliphatic carbocycles. The van der Waals surface area contributed by atoms with E-state index in [4.69, 9.17) is 29.9 Å². The predicted octanol–water partition coefficient (Wildman–Crippen LogP) is 18.2. The molecule has 7 nitrogen and oxygen atoms in total. The van der Waals surface area contributed by atoms with Crippen LogP contribution in [0.3, 0.4) is 0 Å². The molecule has 11 aromatic carbocycles. The lowest BCUT2D eigenvalue weighted by Crippen LogP contribution is -1.97. The molecule has 366 valence electrons. The van der Waals surface area contributed by atoms with E-state index in [0.717, 1.165) is 126 Å². The zero-order chi connectivity index (χ0) is 52.0. The molecular weight excluding hydrogens is 963 g/mol. The monoisotopic (exact) mass is 1010 g/mol. The number of hydrogen-bond acceptors (Lipinski definition) is 6.